The lowest BCUT2D eigenvalue weighted by atomic mass is 9.95. The van der Waals surface area contributed by atoms with E-state index in [1.807, 2.05) is 37.3 Å². The van der Waals surface area contributed by atoms with Crippen molar-refractivity contribution in [3.05, 3.63) is 35.9 Å². The zero-order valence-electron chi connectivity index (χ0n) is 11.4. The minimum atomic E-state index is -1.06. The normalized spacial score (nSPS) is 23.6. The first-order chi connectivity index (χ1) is 9.54. The van der Waals surface area contributed by atoms with E-state index in [9.17, 15) is 19.8 Å². The maximum Gasteiger partial charge on any atom is 0.326 e. The van der Waals surface area contributed by atoms with Crippen LogP contribution in [0, 0.1) is 0 Å². The van der Waals surface area contributed by atoms with Crippen LogP contribution in [0.1, 0.15) is 31.2 Å². The third-order valence-corrected chi connectivity index (χ3v) is 3.76. The van der Waals surface area contributed by atoms with Crippen LogP contribution < -0.4 is 0 Å². The van der Waals surface area contributed by atoms with Crippen LogP contribution in [0.5, 0.6) is 0 Å². The van der Waals surface area contributed by atoms with E-state index < -0.39 is 18.1 Å². The summed E-state index contributed by atoms with van der Waals surface area (Å²) < 4.78 is 0. The van der Waals surface area contributed by atoms with Crippen molar-refractivity contribution in [2.24, 2.45) is 0 Å². The largest absolute Gasteiger partial charge is 0.480 e. The first kappa shape index (κ1) is 14.5. The number of aliphatic carboxylic acids is 1. The molecule has 0 spiro atoms. The van der Waals surface area contributed by atoms with Gasteiger partial charge in [0.2, 0.25) is 5.91 Å². The van der Waals surface area contributed by atoms with E-state index >= 15 is 0 Å². The lowest BCUT2D eigenvalue weighted by molar-refractivity contribution is -0.148. The third-order valence-electron chi connectivity index (χ3n) is 3.76. The second-order valence-electron chi connectivity index (χ2n) is 5.11. The van der Waals surface area contributed by atoms with E-state index in [-0.39, 0.29) is 24.8 Å². The average molecular weight is 277 g/mol. The van der Waals surface area contributed by atoms with E-state index in [2.05, 4.69) is 0 Å². The van der Waals surface area contributed by atoms with Crippen LogP contribution in [0.4, 0.5) is 0 Å². The van der Waals surface area contributed by atoms with E-state index in [1.54, 1.807) is 0 Å². The lowest BCUT2D eigenvalue weighted by Crippen LogP contribution is -2.43. The first-order valence-electron chi connectivity index (χ1n) is 6.80. The number of amides is 1. The lowest BCUT2D eigenvalue weighted by Gasteiger charge is -2.26. The highest BCUT2D eigenvalue weighted by Gasteiger charge is 2.40. The monoisotopic (exact) mass is 277 g/mol. The van der Waals surface area contributed by atoms with Gasteiger partial charge in [-0.05, 0) is 12.0 Å². The Balaban J connectivity index is 2.22. The summed E-state index contributed by atoms with van der Waals surface area (Å²) in [4.78, 5) is 25.1. The number of hydrogen-bond acceptors (Lipinski definition) is 3. The second kappa shape index (κ2) is 6.05. The highest BCUT2D eigenvalue weighted by Crippen LogP contribution is 2.27. The van der Waals surface area contributed by atoms with Gasteiger partial charge in [0.05, 0.1) is 12.0 Å². The summed E-state index contributed by atoms with van der Waals surface area (Å²) in [5.41, 5.74) is 0.880. The smallest absolute Gasteiger partial charge is 0.326 e. The van der Waals surface area contributed by atoms with Crippen molar-refractivity contribution in [3.63, 3.8) is 0 Å². The fourth-order valence-corrected chi connectivity index (χ4v) is 2.73. The predicted octanol–water partition coefficient (Wildman–Crippen LogP) is 1.23. The van der Waals surface area contributed by atoms with Crippen LogP contribution in [0.15, 0.2) is 30.3 Å². The van der Waals surface area contributed by atoms with E-state index in [4.69, 9.17) is 0 Å². The molecule has 108 valence electrons. The quantitative estimate of drug-likeness (QED) is 0.867. The summed E-state index contributed by atoms with van der Waals surface area (Å²) in [5, 5.41) is 18.8. The van der Waals surface area contributed by atoms with Crippen molar-refractivity contribution in [1.29, 1.82) is 0 Å². The summed E-state index contributed by atoms with van der Waals surface area (Å²) >= 11 is 0. The van der Waals surface area contributed by atoms with Gasteiger partial charge in [0.15, 0.2) is 0 Å². The molecule has 3 atom stereocenters. The molecule has 0 bridgehead atoms. The Morgan fingerprint density at radius 1 is 1.35 bits per heavy atom. The molecule has 1 unspecified atom stereocenters. The molecular weight excluding hydrogens is 258 g/mol. The topological polar surface area (TPSA) is 77.8 Å². The van der Waals surface area contributed by atoms with Crippen molar-refractivity contribution in [3.8, 4) is 0 Å². The van der Waals surface area contributed by atoms with Crippen LogP contribution in [-0.2, 0) is 9.59 Å². The van der Waals surface area contributed by atoms with E-state index in [0.717, 1.165) is 5.56 Å². The number of carbonyl (C=O) groups is 2. The minimum Gasteiger partial charge on any atom is -0.480 e. The van der Waals surface area contributed by atoms with Gasteiger partial charge in [-0.15, -0.1) is 0 Å². The Hall–Kier alpha value is -1.88. The second-order valence-corrected chi connectivity index (χ2v) is 5.11. The van der Waals surface area contributed by atoms with Gasteiger partial charge in [-0.1, -0.05) is 37.3 Å². The Kier molecular flexibility index (Phi) is 4.39. The molecule has 1 fully saturated rings. The van der Waals surface area contributed by atoms with E-state index in [1.165, 1.54) is 4.90 Å². The molecule has 0 aliphatic carbocycles. The van der Waals surface area contributed by atoms with Crippen LogP contribution in [0.2, 0.25) is 0 Å². The number of carboxylic acid groups (broad SMARTS) is 1. The molecule has 2 rings (SSSR count). The van der Waals surface area contributed by atoms with Gasteiger partial charge in [0.1, 0.15) is 6.04 Å². The van der Waals surface area contributed by atoms with Gasteiger partial charge in [-0.25, -0.2) is 4.79 Å². The number of carbonyl (C=O) groups excluding carboxylic acids is 1. The van der Waals surface area contributed by atoms with Crippen molar-refractivity contribution >= 4 is 11.9 Å². The van der Waals surface area contributed by atoms with Crippen molar-refractivity contribution < 1.29 is 19.8 Å². The Morgan fingerprint density at radius 3 is 2.55 bits per heavy atom. The zero-order valence-corrected chi connectivity index (χ0v) is 11.4. The fourth-order valence-electron chi connectivity index (χ4n) is 2.73. The van der Waals surface area contributed by atoms with E-state index in [0.29, 0.717) is 6.42 Å². The number of benzene rings is 1. The number of nitrogens with zero attached hydrogens (tertiary/aromatic N) is 1. The van der Waals surface area contributed by atoms with Gasteiger partial charge >= 0.3 is 5.97 Å². The average Bonchev–Trinajstić information content (AvgIpc) is 2.83. The highest BCUT2D eigenvalue weighted by atomic mass is 16.4. The molecule has 0 radical (unpaired) electrons. The predicted molar refractivity (Wildman–Crippen MR) is 73.2 cm³/mol. The Bertz CT molecular complexity index is 488. The highest BCUT2D eigenvalue weighted by molar-refractivity contribution is 5.88. The molecule has 2 N–H and O–H groups in total. The van der Waals surface area contributed by atoms with Crippen LogP contribution in [0.25, 0.3) is 0 Å². The maximum absolute atomic E-state index is 12.6. The molecule has 1 aliphatic rings. The number of carboxylic acids is 1. The number of aliphatic hydroxyl groups excluding tert-OH is 1. The molecular formula is C15H19NO4. The number of hydrogen-bond donors (Lipinski definition) is 2. The molecule has 0 saturated carbocycles. The molecule has 0 aromatic heterocycles. The van der Waals surface area contributed by atoms with Gasteiger partial charge in [-0.2, -0.15) is 0 Å². The minimum absolute atomic E-state index is 0.0964. The summed E-state index contributed by atoms with van der Waals surface area (Å²) in [6, 6.07) is 8.41. The number of rotatable bonds is 4. The van der Waals surface area contributed by atoms with Crippen molar-refractivity contribution in [2.75, 3.05) is 6.54 Å². The Labute approximate surface area is 117 Å². The summed E-state index contributed by atoms with van der Waals surface area (Å²) in [7, 11) is 0. The Morgan fingerprint density at radius 2 is 2.00 bits per heavy atom. The molecule has 1 amide bonds. The number of aliphatic hydroxyl groups is 1. The number of β-amino-alcohol motifs (C(OH)–C–C–N with tert-alkyl or cyclic N) is 1. The summed E-state index contributed by atoms with van der Waals surface area (Å²) in [6.07, 6.45) is -0.0537. The SMILES string of the molecule is CCC(C(=O)N1C[C@@H](O)C[C@H]1C(=O)O)c1ccccc1. The van der Waals surface area contributed by atoms with Crippen LogP contribution in [0.3, 0.4) is 0 Å². The molecule has 1 heterocycles. The molecule has 5 nitrogen and oxygen atoms in total. The van der Waals surface area contributed by atoms with Crippen LogP contribution in [-0.4, -0.2) is 45.7 Å². The molecule has 20 heavy (non-hydrogen) atoms. The molecule has 1 aromatic rings. The van der Waals surface area contributed by atoms with Crippen molar-refractivity contribution in [1.82, 2.24) is 4.90 Å². The molecule has 1 aromatic carbocycles. The summed E-state index contributed by atoms with van der Waals surface area (Å²) in [6.45, 7) is 2.00. The van der Waals surface area contributed by atoms with Crippen molar-refractivity contribution in [2.45, 2.75) is 37.8 Å². The third kappa shape index (κ3) is 2.82. The van der Waals surface area contributed by atoms with Gasteiger partial charge in [0, 0.05) is 13.0 Å². The standard InChI is InChI=1S/C15H19NO4/c1-2-12(10-6-4-3-5-7-10)14(18)16-9-11(17)8-13(16)15(19)20/h3-7,11-13,17H,2,8-9H2,1H3,(H,19,20)/t11-,12?,13-/m0/s1. The zero-order chi connectivity index (χ0) is 14.7. The van der Waals surface area contributed by atoms with Crippen LogP contribution >= 0.6 is 0 Å². The van der Waals surface area contributed by atoms with Gasteiger partial charge in [0.25, 0.3) is 0 Å². The molecule has 1 aliphatic heterocycles. The summed E-state index contributed by atoms with van der Waals surface area (Å²) in [5.74, 6) is -1.64. The first-order valence-corrected chi connectivity index (χ1v) is 6.80. The molecule has 5 heteroatoms. The van der Waals surface area contributed by atoms with Gasteiger partial charge in [-0.3, -0.25) is 4.79 Å². The maximum atomic E-state index is 12.6. The fraction of sp³-hybridized carbons (Fsp3) is 0.467. The molecule has 1 saturated heterocycles. The number of likely N-dealkylation sites (tertiary alicyclic amines) is 1. The van der Waals surface area contributed by atoms with Gasteiger partial charge < -0.3 is 15.1 Å².